The normalized spacial score (nSPS) is 12.2. The van der Waals surface area contributed by atoms with E-state index < -0.39 is 28.5 Å². The summed E-state index contributed by atoms with van der Waals surface area (Å²) in [5.74, 6) is -0.738. The van der Waals surface area contributed by atoms with E-state index >= 15 is 0 Å². The van der Waals surface area contributed by atoms with Crippen LogP contribution in [0.25, 0.3) is 0 Å². The first kappa shape index (κ1) is 25.7. The van der Waals surface area contributed by atoms with E-state index in [9.17, 15) is 18.0 Å². The van der Waals surface area contributed by atoms with E-state index in [1.165, 1.54) is 4.90 Å². The van der Waals surface area contributed by atoms with Gasteiger partial charge in [0.1, 0.15) is 12.6 Å². The smallest absolute Gasteiger partial charge is 0.244 e. The van der Waals surface area contributed by atoms with Gasteiger partial charge in [-0.05, 0) is 50.1 Å². The van der Waals surface area contributed by atoms with Crippen molar-refractivity contribution in [3.63, 3.8) is 0 Å². The molecule has 2 amide bonds. The number of nitrogens with zero attached hydrogens (tertiary/aromatic N) is 2. The Morgan fingerprint density at radius 1 is 1.09 bits per heavy atom. The Morgan fingerprint density at radius 2 is 1.75 bits per heavy atom. The summed E-state index contributed by atoms with van der Waals surface area (Å²) in [4.78, 5) is 27.6. The molecule has 0 spiro atoms. The highest BCUT2D eigenvalue weighted by atomic mass is 35.5. The molecule has 7 nitrogen and oxygen atoms in total. The molecule has 0 bridgehead atoms. The van der Waals surface area contributed by atoms with Crippen LogP contribution in [0, 0.1) is 6.92 Å². The third-order valence-corrected chi connectivity index (χ3v) is 6.36. The lowest BCUT2D eigenvalue weighted by atomic mass is 10.1. The number of sulfonamides is 1. The molecule has 1 atom stereocenters. The van der Waals surface area contributed by atoms with Crippen LogP contribution in [-0.4, -0.2) is 50.5 Å². The van der Waals surface area contributed by atoms with E-state index in [0.717, 1.165) is 21.7 Å². The highest BCUT2D eigenvalue weighted by Crippen LogP contribution is 2.22. The van der Waals surface area contributed by atoms with Crippen molar-refractivity contribution in [2.75, 3.05) is 23.7 Å². The zero-order chi connectivity index (χ0) is 23.9. The molecule has 0 saturated carbocycles. The third kappa shape index (κ3) is 6.97. The molecule has 2 aromatic carbocycles. The number of hydrogen-bond donors (Lipinski definition) is 1. The number of benzene rings is 2. The summed E-state index contributed by atoms with van der Waals surface area (Å²) in [6, 6.07) is 13.1. The maximum atomic E-state index is 13.5. The van der Waals surface area contributed by atoms with Gasteiger partial charge in [0.2, 0.25) is 21.8 Å². The summed E-state index contributed by atoms with van der Waals surface area (Å²) >= 11 is 5.93. The second-order valence-electron chi connectivity index (χ2n) is 7.58. The van der Waals surface area contributed by atoms with Gasteiger partial charge in [0.05, 0.1) is 11.9 Å². The largest absolute Gasteiger partial charge is 0.355 e. The van der Waals surface area contributed by atoms with Crippen LogP contribution >= 0.6 is 11.6 Å². The Kier molecular flexibility index (Phi) is 9.09. The second-order valence-corrected chi connectivity index (χ2v) is 9.92. The Morgan fingerprint density at radius 3 is 2.28 bits per heavy atom. The number of likely N-dealkylation sites (N-methyl/N-ethyl adjacent to an activating group) is 1. The molecule has 0 unspecified atom stereocenters. The van der Waals surface area contributed by atoms with Gasteiger partial charge in [0.25, 0.3) is 0 Å². The van der Waals surface area contributed by atoms with Crippen molar-refractivity contribution in [1.29, 1.82) is 0 Å². The van der Waals surface area contributed by atoms with Gasteiger partial charge >= 0.3 is 0 Å². The summed E-state index contributed by atoms with van der Waals surface area (Å²) in [6.07, 6.45) is 1.43. The molecule has 174 valence electrons. The first-order valence-corrected chi connectivity index (χ1v) is 12.7. The lowest BCUT2D eigenvalue weighted by Crippen LogP contribution is -2.52. The third-order valence-electron chi connectivity index (χ3n) is 4.97. The van der Waals surface area contributed by atoms with Gasteiger partial charge in [-0.15, -0.1) is 0 Å². The molecule has 0 fully saturated rings. The quantitative estimate of drug-likeness (QED) is 0.566. The first-order valence-electron chi connectivity index (χ1n) is 10.4. The predicted octanol–water partition coefficient (Wildman–Crippen LogP) is 3.36. The summed E-state index contributed by atoms with van der Waals surface area (Å²) in [6.45, 7) is 5.77. The van der Waals surface area contributed by atoms with Crippen molar-refractivity contribution in [2.45, 2.75) is 39.8 Å². The molecule has 32 heavy (non-hydrogen) atoms. The van der Waals surface area contributed by atoms with Gasteiger partial charge in [-0.1, -0.05) is 48.4 Å². The number of amides is 2. The van der Waals surface area contributed by atoms with E-state index in [0.29, 0.717) is 23.7 Å². The predicted molar refractivity (Wildman–Crippen MR) is 128 cm³/mol. The number of nitrogens with one attached hydrogen (secondary N) is 1. The van der Waals surface area contributed by atoms with Crippen molar-refractivity contribution in [1.82, 2.24) is 10.2 Å². The number of hydrogen-bond acceptors (Lipinski definition) is 4. The van der Waals surface area contributed by atoms with Crippen LogP contribution in [0.15, 0.2) is 48.5 Å². The fourth-order valence-corrected chi connectivity index (χ4v) is 4.42. The number of rotatable bonds is 10. The number of halogens is 1. The van der Waals surface area contributed by atoms with Crippen LogP contribution in [0.1, 0.15) is 31.4 Å². The number of aryl methyl sites for hydroxylation is 1. The molecule has 0 heterocycles. The van der Waals surface area contributed by atoms with Crippen molar-refractivity contribution in [3.05, 3.63) is 64.7 Å². The van der Waals surface area contributed by atoms with Crippen LogP contribution in [0.4, 0.5) is 5.69 Å². The summed E-state index contributed by atoms with van der Waals surface area (Å²) in [5, 5.41) is 3.23. The zero-order valence-electron chi connectivity index (χ0n) is 18.8. The van der Waals surface area contributed by atoms with E-state index in [1.54, 1.807) is 24.3 Å². The van der Waals surface area contributed by atoms with Gasteiger partial charge in [0, 0.05) is 18.1 Å². The number of carbonyl (C=O) groups excluding carboxylic acids is 2. The van der Waals surface area contributed by atoms with E-state index in [1.807, 2.05) is 45.0 Å². The molecule has 0 aliphatic carbocycles. The maximum absolute atomic E-state index is 13.5. The van der Waals surface area contributed by atoms with Crippen LogP contribution in [0.3, 0.4) is 0 Å². The molecule has 0 aliphatic heterocycles. The zero-order valence-corrected chi connectivity index (χ0v) is 20.4. The molecule has 0 aliphatic rings. The minimum Gasteiger partial charge on any atom is -0.355 e. The van der Waals surface area contributed by atoms with Gasteiger partial charge in [-0.3, -0.25) is 13.9 Å². The SMILES string of the molecule is CCNC(=O)[C@@H](CC)N(Cc1cccc(C)c1)C(=O)CN(c1ccc(Cl)cc1)S(C)(=O)=O. The number of carbonyl (C=O) groups is 2. The minimum atomic E-state index is -3.76. The Bertz CT molecular complexity index is 1040. The standard InChI is InChI=1S/C23H30ClN3O4S/c1-5-21(23(29)25-6-2)26(15-18-9-7-8-17(3)14-18)22(28)16-27(32(4,30)31)20-12-10-19(24)11-13-20/h7-14,21H,5-6,15-16H2,1-4H3,(H,25,29)/t21-/m1/s1. The lowest BCUT2D eigenvalue weighted by Gasteiger charge is -2.32. The van der Waals surface area contributed by atoms with Crippen LogP contribution < -0.4 is 9.62 Å². The summed E-state index contributed by atoms with van der Waals surface area (Å²) in [5.41, 5.74) is 2.21. The fourth-order valence-electron chi connectivity index (χ4n) is 3.44. The minimum absolute atomic E-state index is 0.189. The molecule has 0 radical (unpaired) electrons. The van der Waals surface area contributed by atoms with Crippen molar-refractivity contribution < 1.29 is 18.0 Å². The van der Waals surface area contributed by atoms with Gasteiger partial charge in [-0.2, -0.15) is 0 Å². The Balaban J connectivity index is 2.42. The lowest BCUT2D eigenvalue weighted by molar-refractivity contribution is -0.140. The average molecular weight is 480 g/mol. The van der Waals surface area contributed by atoms with E-state index in [4.69, 9.17) is 11.6 Å². The molecule has 9 heteroatoms. The summed E-state index contributed by atoms with van der Waals surface area (Å²) < 4.78 is 26.0. The van der Waals surface area contributed by atoms with Gasteiger partial charge in [0.15, 0.2) is 0 Å². The molecule has 0 aromatic heterocycles. The number of anilines is 1. The van der Waals surface area contributed by atoms with Crippen LogP contribution in [0.5, 0.6) is 0 Å². The van der Waals surface area contributed by atoms with Crippen molar-refractivity contribution >= 4 is 39.1 Å². The second kappa shape index (κ2) is 11.3. The summed E-state index contributed by atoms with van der Waals surface area (Å²) in [7, 11) is -3.76. The van der Waals surface area contributed by atoms with Crippen LogP contribution in [-0.2, 0) is 26.2 Å². The highest BCUT2D eigenvalue weighted by molar-refractivity contribution is 7.92. The van der Waals surface area contributed by atoms with Crippen molar-refractivity contribution in [3.8, 4) is 0 Å². The van der Waals surface area contributed by atoms with E-state index in [-0.39, 0.29) is 12.5 Å². The molecule has 2 aromatic rings. The highest BCUT2D eigenvalue weighted by Gasteiger charge is 2.31. The Hall–Kier alpha value is -2.58. The van der Waals surface area contributed by atoms with Gasteiger partial charge < -0.3 is 10.2 Å². The Labute approximate surface area is 195 Å². The fraction of sp³-hybridized carbons (Fsp3) is 0.391. The maximum Gasteiger partial charge on any atom is 0.244 e. The first-order chi connectivity index (χ1) is 15.1. The molecular formula is C23H30ClN3O4S. The van der Waals surface area contributed by atoms with Crippen LogP contribution in [0.2, 0.25) is 5.02 Å². The molecular weight excluding hydrogens is 450 g/mol. The van der Waals surface area contributed by atoms with E-state index in [2.05, 4.69) is 5.32 Å². The monoisotopic (exact) mass is 479 g/mol. The molecule has 0 saturated heterocycles. The van der Waals surface area contributed by atoms with Gasteiger partial charge in [-0.25, -0.2) is 8.42 Å². The average Bonchev–Trinajstić information content (AvgIpc) is 2.72. The topological polar surface area (TPSA) is 86.8 Å². The van der Waals surface area contributed by atoms with Crippen molar-refractivity contribution in [2.24, 2.45) is 0 Å². The molecule has 2 rings (SSSR count). The molecule has 1 N–H and O–H groups in total.